The number of aryl methyl sites for hydroxylation is 2. The molecule has 0 saturated heterocycles. The number of hydrogen-bond acceptors (Lipinski definition) is 2. The highest BCUT2D eigenvalue weighted by atomic mass is 35.5. The van der Waals surface area contributed by atoms with E-state index in [4.69, 9.17) is 16.3 Å². The second kappa shape index (κ2) is 6.64. The third-order valence-corrected chi connectivity index (χ3v) is 3.58. The van der Waals surface area contributed by atoms with Crippen LogP contribution in [0, 0.1) is 13.8 Å². The van der Waals surface area contributed by atoms with Crippen LogP contribution < -0.4 is 4.74 Å². The van der Waals surface area contributed by atoms with E-state index >= 15 is 0 Å². The quantitative estimate of drug-likeness (QED) is 0.907. The van der Waals surface area contributed by atoms with E-state index in [9.17, 15) is 9.90 Å². The molecule has 110 valence electrons. The molecule has 21 heavy (non-hydrogen) atoms. The summed E-state index contributed by atoms with van der Waals surface area (Å²) in [5.74, 6) is -0.385. The monoisotopic (exact) mass is 304 g/mol. The van der Waals surface area contributed by atoms with Gasteiger partial charge < -0.3 is 9.84 Å². The van der Waals surface area contributed by atoms with Gasteiger partial charge in [0.25, 0.3) is 0 Å². The van der Waals surface area contributed by atoms with Gasteiger partial charge in [-0.3, -0.25) is 0 Å². The van der Waals surface area contributed by atoms with Gasteiger partial charge in [0, 0.05) is 11.4 Å². The first-order valence-electron chi connectivity index (χ1n) is 6.67. The van der Waals surface area contributed by atoms with Crippen LogP contribution in [0.15, 0.2) is 42.5 Å². The zero-order valence-electron chi connectivity index (χ0n) is 12.0. The van der Waals surface area contributed by atoms with Crippen LogP contribution in [-0.4, -0.2) is 17.2 Å². The molecular formula is C17H17ClO3. The normalized spacial score (nSPS) is 12.0. The summed E-state index contributed by atoms with van der Waals surface area (Å²) in [6.07, 6.45) is -0.627. The Hall–Kier alpha value is -2.00. The Labute approximate surface area is 129 Å². The van der Waals surface area contributed by atoms with Crippen molar-refractivity contribution in [2.75, 3.05) is 0 Å². The summed E-state index contributed by atoms with van der Waals surface area (Å²) in [4.78, 5) is 11.4. The second-order valence-electron chi connectivity index (χ2n) is 4.99. The van der Waals surface area contributed by atoms with E-state index in [0.29, 0.717) is 17.2 Å². The van der Waals surface area contributed by atoms with Gasteiger partial charge in [0.15, 0.2) is 6.10 Å². The third-order valence-electron chi connectivity index (χ3n) is 3.35. The van der Waals surface area contributed by atoms with Crippen molar-refractivity contribution >= 4 is 17.6 Å². The van der Waals surface area contributed by atoms with Crippen molar-refractivity contribution in [3.05, 3.63) is 64.2 Å². The Morgan fingerprint density at radius 1 is 1.19 bits per heavy atom. The van der Waals surface area contributed by atoms with Crippen molar-refractivity contribution in [1.29, 1.82) is 0 Å². The van der Waals surface area contributed by atoms with E-state index < -0.39 is 12.1 Å². The first kappa shape index (κ1) is 15.4. The fraction of sp³-hybridized carbons (Fsp3) is 0.235. The number of carboxylic acids is 1. The van der Waals surface area contributed by atoms with Crippen molar-refractivity contribution < 1.29 is 14.6 Å². The van der Waals surface area contributed by atoms with Gasteiger partial charge in [-0.25, -0.2) is 4.79 Å². The zero-order valence-corrected chi connectivity index (χ0v) is 12.7. The Bertz CT molecular complexity index is 652. The van der Waals surface area contributed by atoms with Crippen LogP contribution in [-0.2, 0) is 11.2 Å². The van der Waals surface area contributed by atoms with E-state index in [1.165, 1.54) is 0 Å². The molecule has 0 fully saturated rings. The van der Waals surface area contributed by atoms with Crippen LogP contribution in [0.5, 0.6) is 5.75 Å². The number of carboxylic acid groups (broad SMARTS) is 1. The fourth-order valence-corrected chi connectivity index (χ4v) is 2.34. The van der Waals surface area contributed by atoms with Crippen LogP contribution >= 0.6 is 11.6 Å². The van der Waals surface area contributed by atoms with Crippen LogP contribution in [0.4, 0.5) is 0 Å². The topological polar surface area (TPSA) is 46.5 Å². The Balaban J connectivity index is 2.20. The third kappa shape index (κ3) is 3.99. The standard InChI is InChI=1S/C17H17ClO3/c1-11-5-3-4-6-15(11)21-16(17(19)20)10-13-7-8-14(18)9-12(13)2/h3-9,16H,10H2,1-2H3,(H,19,20). The minimum absolute atomic E-state index is 0.298. The molecule has 0 radical (unpaired) electrons. The van der Waals surface area contributed by atoms with E-state index in [-0.39, 0.29) is 0 Å². The minimum Gasteiger partial charge on any atom is -0.478 e. The van der Waals surface area contributed by atoms with Gasteiger partial charge in [-0.15, -0.1) is 0 Å². The average molecular weight is 305 g/mol. The lowest BCUT2D eigenvalue weighted by Crippen LogP contribution is -2.30. The molecule has 0 saturated carbocycles. The highest BCUT2D eigenvalue weighted by Gasteiger charge is 2.21. The number of para-hydroxylation sites is 1. The molecule has 0 aliphatic carbocycles. The van der Waals surface area contributed by atoms with E-state index in [1.54, 1.807) is 12.1 Å². The summed E-state index contributed by atoms with van der Waals surface area (Å²) in [7, 11) is 0. The highest BCUT2D eigenvalue weighted by molar-refractivity contribution is 6.30. The summed E-state index contributed by atoms with van der Waals surface area (Å²) in [6.45, 7) is 3.80. The molecule has 0 amide bonds. The lowest BCUT2D eigenvalue weighted by molar-refractivity contribution is -0.145. The van der Waals surface area contributed by atoms with Crippen LogP contribution in [0.25, 0.3) is 0 Å². The van der Waals surface area contributed by atoms with Crippen molar-refractivity contribution in [2.24, 2.45) is 0 Å². The van der Waals surface area contributed by atoms with E-state index in [2.05, 4.69) is 0 Å². The number of benzene rings is 2. The molecule has 1 unspecified atom stereocenters. The lowest BCUT2D eigenvalue weighted by Gasteiger charge is -2.17. The average Bonchev–Trinajstić information content (AvgIpc) is 2.42. The molecule has 0 aliphatic heterocycles. The summed E-state index contributed by atoms with van der Waals surface area (Å²) in [6, 6.07) is 12.8. The predicted octanol–water partition coefficient (Wildman–Crippen LogP) is 4.03. The molecular weight excluding hydrogens is 288 g/mol. The lowest BCUT2D eigenvalue weighted by atomic mass is 10.0. The van der Waals surface area contributed by atoms with Gasteiger partial charge in [-0.2, -0.15) is 0 Å². The first-order valence-corrected chi connectivity index (χ1v) is 7.05. The highest BCUT2D eigenvalue weighted by Crippen LogP contribution is 2.21. The molecule has 4 heteroatoms. The number of halogens is 1. The van der Waals surface area contributed by atoms with Crippen molar-refractivity contribution in [3.8, 4) is 5.75 Å². The van der Waals surface area contributed by atoms with E-state index in [1.807, 2.05) is 44.2 Å². The maximum absolute atomic E-state index is 11.4. The van der Waals surface area contributed by atoms with Gasteiger partial charge in [0.2, 0.25) is 0 Å². The van der Waals surface area contributed by atoms with Crippen molar-refractivity contribution in [3.63, 3.8) is 0 Å². The number of ether oxygens (including phenoxy) is 1. The summed E-state index contributed by atoms with van der Waals surface area (Å²) in [5.41, 5.74) is 2.79. The summed E-state index contributed by atoms with van der Waals surface area (Å²) in [5, 5.41) is 10.0. The molecule has 0 aliphatic rings. The maximum atomic E-state index is 11.4. The van der Waals surface area contributed by atoms with Gasteiger partial charge in [-0.05, 0) is 48.7 Å². The van der Waals surface area contributed by atoms with Gasteiger partial charge >= 0.3 is 5.97 Å². The maximum Gasteiger partial charge on any atom is 0.345 e. The Morgan fingerprint density at radius 3 is 2.52 bits per heavy atom. The zero-order chi connectivity index (χ0) is 15.4. The molecule has 2 aromatic carbocycles. The van der Waals surface area contributed by atoms with E-state index in [0.717, 1.165) is 16.7 Å². The second-order valence-corrected chi connectivity index (χ2v) is 5.42. The summed E-state index contributed by atoms with van der Waals surface area (Å²) >= 11 is 5.92. The molecule has 0 bridgehead atoms. The molecule has 0 aromatic heterocycles. The number of hydrogen-bond donors (Lipinski definition) is 1. The minimum atomic E-state index is -0.979. The van der Waals surface area contributed by atoms with Gasteiger partial charge in [-0.1, -0.05) is 35.9 Å². The number of rotatable bonds is 5. The van der Waals surface area contributed by atoms with Crippen LogP contribution in [0.3, 0.4) is 0 Å². The molecule has 2 rings (SSSR count). The fourth-order valence-electron chi connectivity index (χ4n) is 2.11. The predicted molar refractivity (Wildman–Crippen MR) is 83.1 cm³/mol. The van der Waals surface area contributed by atoms with Gasteiger partial charge in [0.05, 0.1) is 0 Å². The van der Waals surface area contributed by atoms with Crippen LogP contribution in [0.2, 0.25) is 5.02 Å². The molecule has 1 atom stereocenters. The number of aliphatic carboxylic acids is 1. The molecule has 3 nitrogen and oxygen atoms in total. The SMILES string of the molecule is Cc1cc(Cl)ccc1CC(Oc1ccccc1C)C(=O)O. The molecule has 0 heterocycles. The van der Waals surface area contributed by atoms with Gasteiger partial charge in [0.1, 0.15) is 5.75 Å². The molecule has 1 N–H and O–H groups in total. The summed E-state index contributed by atoms with van der Waals surface area (Å²) < 4.78 is 5.66. The molecule has 2 aromatic rings. The smallest absolute Gasteiger partial charge is 0.345 e. The van der Waals surface area contributed by atoms with Crippen LogP contribution in [0.1, 0.15) is 16.7 Å². The number of carbonyl (C=O) groups is 1. The van der Waals surface area contributed by atoms with Crippen molar-refractivity contribution in [2.45, 2.75) is 26.4 Å². The Morgan fingerprint density at radius 2 is 1.90 bits per heavy atom. The molecule has 0 spiro atoms. The Kier molecular flexibility index (Phi) is 4.86. The first-order chi connectivity index (χ1) is 9.97. The van der Waals surface area contributed by atoms with Crippen molar-refractivity contribution in [1.82, 2.24) is 0 Å². The largest absolute Gasteiger partial charge is 0.478 e.